The van der Waals surface area contributed by atoms with Gasteiger partial charge in [-0.15, -0.1) is 0 Å². The molecule has 132 valence electrons. The number of nitrogens with one attached hydrogen (secondary N) is 1. The van der Waals surface area contributed by atoms with E-state index in [1.807, 2.05) is 12.1 Å². The molecule has 0 bridgehead atoms. The topological polar surface area (TPSA) is 67.4 Å². The van der Waals surface area contributed by atoms with Gasteiger partial charge >= 0.3 is 12.0 Å². The summed E-state index contributed by atoms with van der Waals surface area (Å²) in [6.07, 6.45) is 4.57. The summed E-state index contributed by atoms with van der Waals surface area (Å²) in [6, 6.07) is 7.56. The Labute approximate surface area is 156 Å². The second kappa shape index (κ2) is 8.36. The van der Waals surface area contributed by atoms with Crippen LogP contribution in [0, 0.1) is 0 Å². The van der Waals surface area contributed by atoms with Gasteiger partial charge in [-0.2, -0.15) is 0 Å². The summed E-state index contributed by atoms with van der Waals surface area (Å²) in [6.45, 7) is 1.66. The molecule has 0 aliphatic carbocycles. The number of rotatable bonds is 4. The third-order valence-corrected chi connectivity index (χ3v) is 4.34. The molecule has 1 aliphatic heterocycles. The van der Waals surface area contributed by atoms with Gasteiger partial charge < -0.3 is 15.0 Å². The Bertz CT molecular complexity index is 710. The molecule has 1 aromatic heterocycles. The van der Waals surface area contributed by atoms with Gasteiger partial charge in [0.2, 0.25) is 0 Å². The Balaban J connectivity index is 1.50. The van der Waals surface area contributed by atoms with Gasteiger partial charge in [-0.1, -0.05) is 35.3 Å². The predicted molar refractivity (Wildman–Crippen MR) is 96.0 cm³/mol. The number of piperidine rings is 1. The zero-order chi connectivity index (χ0) is 17.6. The minimum Gasteiger partial charge on any atom is -0.458 e. The molecule has 0 radical (unpaired) electrons. The van der Waals surface area contributed by atoms with Crippen LogP contribution < -0.4 is 10.1 Å². The lowest BCUT2D eigenvalue weighted by molar-refractivity contribution is 0.0938. The molecule has 3 rings (SSSR count). The lowest BCUT2D eigenvalue weighted by Crippen LogP contribution is -2.48. The van der Waals surface area contributed by atoms with Gasteiger partial charge in [-0.25, -0.2) is 14.8 Å². The minimum absolute atomic E-state index is 0.111. The van der Waals surface area contributed by atoms with Crippen molar-refractivity contribution in [1.82, 2.24) is 20.2 Å². The quantitative estimate of drug-likeness (QED) is 0.880. The van der Waals surface area contributed by atoms with E-state index in [9.17, 15) is 4.79 Å². The lowest BCUT2D eigenvalue weighted by Gasteiger charge is -2.32. The van der Waals surface area contributed by atoms with Gasteiger partial charge in [-0.05, 0) is 30.5 Å². The normalized spacial score (nSPS) is 17.2. The van der Waals surface area contributed by atoms with Crippen molar-refractivity contribution in [3.8, 4) is 6.01 Å². The molecule has 0 spiro atoms. The minimum atomic E-state index is -0.129. The van der Waals surface area contributed by atoms with Crippen LogP contribution in [0.1, 0.15) is 18.4 Å². The van der Waals surface area contributed by atoms with E-state index in [4.69, 9.17) is 27.9 Å². The Hall–Kier alpha value is -2.05. The van der Waals surface area contributed by atoms with Gasteiger partial charge in [0.25, 0.3) is 0 Å². The lowest BCUT2D eigenvalue weighted by atomic mass is 10.1. The van der Waals surface area contributed by atoms with E-state index < -0.39 is 0 Å². The fraction of sp³-hybridized carbons (Fsp3) is 0.353. The molecule has 1 aliphatic rings. The molecule has 1 N–H and O–H groups in total. The predicted octanol–water partition coefficient (Wildman–Crippen LogP) is 3.54. The summed E-state index contributed by atoms with van der Waals surface area (Å²) in [5, 5.41) is 4.05. The number of hydrogen-bond acceptors (Lipinski definition) is 4. The van der Waals surface area contributed by atoms with Crippen LogP contribution in [-0.4, -0.2) is 40.1 Å². The molecule has 1 fully saturated rings. The van der Waals surface area contributed by atoms with Crippen LogP contribution >= 0.6 is 23.2 Å². The highest BCUT2D eigenvalue weighted by Gasteiger charge is 2.25. The number of urea groups is 1. The van der Waals surface area contributed by atoms with Crippen LogP contribution in [0.15, 0.2) is 36.7 Å². The molecule has 2 aromatic rings. The first-order valence-electron chi connectivity index (χ1n) is 8.01. The van der Waals surface area contributed by atoms with Gasteiger partial charge in [0.05, 0.1) is 24.0 Å². The fourth-order valence-corrected chi connectivity index (χ4v) is 2.84. The number of benzene rings is 1. The maximum absolute atomic E-state index is 12.4. The van der Waals surface area contributed by atoms with Crippen molar-refractivity contribution in [3.63, 3.8) is 0 Å². The Kier molecular flexibility index (Phi) is 5.94. The van der Waals surface area contributed by atoms with Crippen molar-refractivity contribution in [3.05, 3.63) is 52.3 Å². The summed E-state index contributed by atoms with van der Waals surface area (Å²) in [7, 11) is 0. The maximum Gasteiger partial charge on any atom is 0.317 e. The Morgan fingerprint density at radius 3 is 2.64 bits per heavy atom. The highest BCUT2D eigenvalue weighted by Crippen LogP contribution is 2.16. The third-order valence-electron chi connectivity index (χ3n) is 3.89. The highest BCUT2D eigenvalue weighted by molar-refractivity contribution is 6.30. The van der Waals surface area contributed by atoms with Gasteiger partial charge in [0.1, 0.15) is 6.10 Å². The number of carbonyl (C=O) groups is 1. The Morgan fingerprint density at radius 2 is 1.92 bits per heavy atom. The van der Waals surface area contributed by atoms with Crippen LogP contribution in [0.3, 0.4) is 0 Å². The monoisotopic (exact) mass is 380 g/mol. The Morgan fingerprint density at radius 1 is 1.20 bits per heavy atom. The number of likely N-dealkylation sites (tertiary alicyclic amines) is 1. The van der Waals surface area contributed by atoms with Crippen molar-refractivity contribution in [2.24, 2.45) is 0 Å². The highest BCUT2D eigenvalue weighted by atomic mass is 35.5. The van der Waals surface area contributed by atoms with Gasteiger partial charge in [0, 0.05) is 18.1 Å². The summed E-state index contributed by atoms with van der Waals surface area (Å²) in [5.74, 6) is 0. The zero-order valence-electron chi connectivity index (χ0n) is 13.5. The van der Waals surface area contributed by atoms with E-state index in [0.717, 1.165) is 18.4 Å². The number of nitrogens with zero attached hydrogens (tertiary/aromatic N) is 3. The number of ether oxygens (including phenoxy) is 1. The summed E-state index contributed by atoms with van der Waals surface area (Å²) < 4.78 is 5.75. The molecule has 1 atom stereocenters. The van der Waals surface area contributed by atoms with Crippen molar-refractivity contribution >= 4 is 29.2 Å². The molecule has 1 unspecified atom stereocenters. The number of hydrogen-bond donors (Lipinski definition) is 1. The molecule has 6 nitrogen and oxygen atoms in total. The summed E-state index contributed by atoms with van der Waals surface area (Å²) >= 11 is 11.6. The molecule has 2 heterocycles. The fourth-order valence-electron chi connectivity index (χ4n) is 2.62. The number of carbonyl (C=O) groups excluding carboxylic acids is 1. The van der Waals surface area contributed by atoms with E-state index in [1.165, 1.54) is 12.4 Å². The average molecular weight is 381 g/mol. The molecule has 1 saturated heterocycles. The largest absolute Gasteiger partial charge is 0.458 e. The first-order chi connectivity index (χ1) is 12.1. The molecule has 0 saturated carbocycles. The van der Waals surface area contributed by atoms with Gasteiger partial charge in [0.15, 0.2) is 0 Å². The van der Waals surface area contributed by atoms with Crippen molar-refractivity contribution < 1.29 is 9.53 Å². The SMILES string of the molecule is O=C(NCc1ccc(Cl)cc1)N1CCCC(Oc2ncc(Cl)cn2)C1. The molecule has 8 heteroatoms. The van der Waals surface area contributed by atoms with E-state index in [0.29, 0.717) is 29.7 Å². The van der Waals surface area contributed by atoms with Crippen LogP contribution in [-0.2, 0) is 6.54 Å². The standard InChI is InChI=1S/C17H18Cl2N4O2/c18-13-5-3-12(4-6-13)8-22-17(24)23-7-1-2-15(11-23)25-16-20-9-14(19)10-21-16/h3-6,9-10,15H,1-2,7-8,11H2,(H,22,24). The zero-order valence-corrected chi connectivity index (χ0v) is 15.0. The molecule has 1 aromatic carbocycles. The molecular weight excluding hydrogens is 363 g/mol. The summed E-state index contributed by atoms with van der Waals surface area (Å²) in [4.78, 5) is 22.2. The van der Waals surface area contributed by atoms with E-state index in [1.54, 1.807) is 17.0 Å². The van der Waals surface area contributed by atoms with Crippen LogP contribution in [0.2, 0.25) is 10.0 Å². The van der Waals surface area contributed by atoms with E-state index >= 15 is 0 Å². The van der Waals surface area contributed by atoms with Gasteiger partial charge in [-0.3, -0.25) is 0 Å². The first kappa shape index (κ1) is 17.8. The molecule has 2 amide bonds. The van der Waals surface area contributed by atoms with E-state index in [2.05, 4.69) is 15.3 Å². The third kappa shape index (κ3) is 5.21. The van der Waals surface area contributed by atoms with E-state index in [-0.39, 0.29) is 18.1 Å². The van der Waals surface area contributed by atoms with Crippen LogP contribution in [0.4, 0.5) is 4.79 Å². The van der Waals surface area contributed by atoms with Crippen LogP contribution in [0.25, 0.3) is 0 Å². The van der Waals surface area contributed by atoms with Crippen molar-refractivity contribution in [2.75, 3.05) is 13.1 Å². The number of aromatic nitrogens is 2. The smallest absolute Gasteiger partial charge is 0.317 e. The maximum atomic E-state index is 12.4. The molecule has 25 heavy (non-hydrogen) atoms. The first-order valence-corrected chi connectivity index (χ1v) is 8.77. The van der Waals surface area contributed by atoms with Crippen molar-refractivity contribution in [1.29, 1.82) is 0 Å². The van der Waals surface area contributed by atoms with Crippen molar-refractivity contribution in [2.45, 2.75) is 25.5 Å². The second-order valence-electron chi connectivity index (χ2n) is 5.80. The molecular formula is C17H18Cl2N4O2. The number of amides is 2. The van der Waals surface area contributed by atoms with Crippen LogP contribution in [0.5, 0.6) is 6.01 Å². The summed E-state index contributed by atoms with van der Waals surface area (Å²) in [5.41, 5.74) is 0.997. The number of halogens is 2. The second-order valence-corrected chi connectivity index (χ2v) is 6.67. The average Bonchev–Trinajstić information content (AvgIpc) is 2.63.